The van der Waals surface area contributed by atoms with Gasteiger partial charge in [-0.25, -0.2) is 4.39 Å². The number of hydrogen-bond donors (Lipinski definition) is 1. The number of hydrogen-bond acceptors (Lipinski definition) is 5. The predicted molar refractivity (Wildman–Crippen MR) is 132 cm³/mol. The van der Waals surface area contributed by atoms with Gasteiger partial charge in [-0.1, -0.05) is 45.0 Å². The Morgan fingerprint density at radius 2 is 1.50 bits per heavy atom. The molecule has 1 amide bonds. The van der Waals surface area contributed by atoms with Gasteiger partial charge in [-0.15, -0.1) is 0 Å². The van der Waals surface area contributed by atoms with Crippen molar-refractivity contribution in [3.05, 3.63) is 65.5 Å². The molecule has 0 saturated heterocycles. The highest BCUT2D eigenvalue weighted by Crippen LogP contribution is 2.33. The molecule has 0 bridgehead atoms. The zero-order valence-electron chi connectivity index (χ0n) is 22.2. The van der Waals surface area contributed by atoms with Crippen LogP contribution in [0.4, 0.5) is 26.3 Å². The molecule has 0 radical (unpaired) electrons. The fourth-order valence-corrected chi connectivity index (χ4v) is 3.95. The highest BCUT2D eigenvalue weighted by Gasteiger charge is 2.46. The number of benzene rings is 2. The standard InChI is InChI=1S/C28H29F6NO5/c1-15(2)21(25(38)28(32,33)34)14-22(36)24(17-8-10-20(40-4)11-9-17)35-26(39)16(3)12-23(37)27(30,31)18-6-5-7-19(29)13-18/h5-11,13,15-16,21,24H,12,14H2,1-4H3,(H,35,39)/t16-,21+,24+/m1/s1. The average Bonchev–Trinajstić information content (AvgIpc) is 2.88. The largest absolute Gasteiger partial charge is 0.497 e. The van der Waals surface area contributed by atoms with Gasteiger partial charge >= 0.3 is 12.1 Å². The number of carbonyl (C=O) groups is 4. The van der Waals surface area contributed by atoms with Gasteiger partial charge in [-0.05, 0) is 35.7 Å². The Morgan fingerprint density at radius 3 is 2.00 bits per heavy atom. The first-order valence-electron chi connectivity index (χ1n) is 12.2. The molecule has 0 spiro atoms. The number of Topliss-reactive ketones (excluding diaryl/α,β-unsaturated/α-hetero) is 3. The van der Waals surface area contributed by atoms with Gasteiger partial charge in [-0.3, -0.25) is 19.2 Å². The third-order valence-electron chi connectivity index (χ3n) is 6.38. The van der Waals surface area contributed by atoms with Crippen LogP contribution >= 0.6 is 0 Å². The molecule has 2 aromatic carbocycles. The summed E-state index contributed by atoms with van der Waals surface area (Å²) in [5, 5.41) is 2.32. The van der Waals surface area contributed by atoms with Gasteiger partial charge in [0, 0.05) is 30.2 Å². The summed E-state index contributed by atoms with van der Waals surface area (Å²) in [4.78, 5) is 50.5. The molecule has 0 aromatic heterocycles. The van der Waals surface area contributed by atoms with E-state index in [2.05, 4.69) is 5.32 Å². The topological polar surface area (TPSA) is 89.5 Å². The minimum absolute atomic E-state index is 0.129. The maximum absolute atomic E-state index is 14.6. The molecule has 0 aliphatic rings. The second-order valence-electron chi connectivity index (χ2n) is 9.71. The number of carbonyl (C=O) groups excluding carboxylic acids is 4. The maximum atomic E-state index is 14.6. The van der Waals surface area contributed by atoms with Crippen molar-refractivity contribution in [3.63, 3.8) is 0 Å². The van der Waals surface area contributed by atoms with Crippen LogP contribution in [-0.2, 0) is 25.1 Å². The summed E-state index contributed by atoms with van der Waals surface area (Å²) in [5.74, 6) is -14.4. The highest BCUT2D eigenvalue weighted by atomic mass is 19.4. The molecule has 0 aliphatic heterocycles. The molecular weight excluding hydrogens is 544 g/mol. The van der Waals surface area contributed by atoms with Crippen LogP contribution in [0.1, 0.15) is 50.8 Å². The van der Waals surface area contributed by atoms with E-state index in [9.17, 15) is 45.5 Å². The number of methoxy groups -OCH3 is 1. The number of nitrogens with one attached hydrogen (secondary N) is 1. The van der Waals surface area contributed by atoms with Crippen molar-refractivity contribution < 1.29 is 50.3 Å². The van der Waals surface area contributed by atoms with Crippen LogP contribution in [-0.4, -0.2) is 36.5 Å². The normalized spacial score (nSPS) is 14.3. The van der Waals surface area contributed by atoms with Crippen molar-refractivity contribution in [2.75, 3.05) is 7.11 Å². The van der Waals surface area contributed by atoms with Gasteiger partial charge in [0.25, 0.3) is 0 Å². The molecule has 6 nitrogen and oxygen atoms in total. The lowest BCUT2D eigenvalue weighted by molar-refractivity contribution is -0.177. The molecule has 0 unspecified atom stereocenters. The summed E-state index contributed by atoms with van der Waals surface area (Å²) >= 11 is 0. The number of amides is 1. The van der Waals surface area contributed by atoms with Crippen LogP contribution in [0.3, 0.4) is 0 Å². The van der Waals surface area contributed by atoms with E-state index in [1.54, 1.807) is 0 Å². The summed E-state index contributed by atoms with van der Waals surface area (Å²) in [5.41, 5.74) is -0.768. The van der Waals surface area contributed by atoms with Gasteiger partial charge in [0.2, 0.25) is 17.5 Å². The number of halogens is 6. The molecule has 0 aliphatic carbocycles. The van der Waals surface area contributed by atoms with Crippen molar-refractivity contribution in [1.82, 2.24) is 5.32 Å². The molecule has 2 aromatic rings. The molecular formula is C28H29F6NO5. The molecule has 218 valence electrons. The minimum atomic E-state index is -5.18. The van der Waals surface area contributed by atoms with Crippen LogP contribution in [0.5, 0.6) is 5.75 Å². The van der Waals surface area contributed by atoms with Gasteiger partial charge in [0.1, 0.15) is 17.6 Å². The first-order chi connectivity index (χ1) is 18.5. The Bertz CT molecular complexity index is 1230. The molecule has 40 heavy (non-hydrogen) atoms. The number of alkyl halides is 5. The van der Waals surface area contributed by atoms with Crippen LogP contribution in [0.2, 0.25) is 0 Å². The SMILES string of the molecule is COc1ccc([C@H](NC(=O)[C@H](C)CC(=O)C(F)(F)c2cccc(F)c2)C(=O)C[C@H](C(=O)C(F)(F)F)C(C)C)cc1. The number of ether oxygens (including phenoxy) is 1. The average molecular weight is 574 g/mol. The Morgan fingerprint density at radius 1 is 0.900 bits per heavy atom. The monoisotopic (exact) mass is 573 g/mol. The highest BCUT2D eigenvalue weighted by molar-refractivity contribution is 5.96. The Balaban J connectivity index is 2.29. The Hall–Kier alpha value is -3.70. The summed E-state index contributed by atoms with van der Waals surface area (Å²) in [7, 11) is 1.37. The molecule has 0 saturated carbocycles. The fourth-order valence-electron chi connectivity index (χ4n) is 3.95. The van der Waals surface area contributed by atoms with Crippen LogP contribution in [0, 0.1) is 23.6 Å². The molecule has 0 heterocycles. The van der Waals surface area contributed by atoms with Crippen molar-refractivity contribution in [2.24, 2.45) is 17.8 Å². The quantitative estimate of drug-likeness (QED) is 0.309. The second kappa shape index (κ2) is 13.1. The van der Waals surface area contributed by atoms with Crippen molar-refractivity contribution >= 4 is 23.3 Å². The van der Waals surface area contributed by atoms with E-state index in [4.69, 9.17) is 4.74 Å². The second-order valence-corrected chi connectivity index (χ2v) is 9.71. The van der Waals surface area contributed by atoms with Crippen LogP contribution in [0.25, 0.3) is 0 Å². The zero-order valence-corrected chi connectivity index (χ0v) is 22.2. The summed E-state index contributed by atoms with van der Waals surface area (Å²) in [6, 6.07) is 7.30. The maximum Gasteiger partial charge on any atom is 0.450 e. The summed E-state index contributed by atoms with van der Waals surface area (Å²) in [6.07, 6.45) is -7.03. The smallest absolute Gasteiger partial charge is 0.450 e. The molecule has 0 fully saturated rings. The van der Waals surface area contributed by atoms with Crippen molar-refractivity contribution in [2.45, 2.75) is 51.8 Å². The lowest BCUT2D eigenvalue weighted by Crippen LogP contribution is -2.41. The van der Waals surface area contributed by atoms with E-state index in [0.29, 0.717) is 11.8 Å². The van der Waals surface area contributed by atoms with Crippen molar-refractivity contribution in [1.29, 1.82) is 0 Å². The number of ketones is 3. The van der Waals surface area contributed by atoms with Gasteiger partial charge in [0.15, 0.2) is 5.78 Å². The minimum Gasteiger partial charge on any atom is -0.497 e. The van der Waals surface area contributed by atoms with Gasteiger partial charge in [-0.2, -0.15) is 22.0 Å². The molecule has 3 atom stereocenters. The lowest BCUT2D eigenvalue weighted by atomic mass is 9.84. The fraction of sp³-hybridized carbons (Fsp3) is 0.429. The van der Waals surface area contributed by atoms with E-state index in [0.717, 1.165) is 25.1 Å². The van der Waals surface area contributed by atoms with Crippen LogP contribution in [0.15, 0.2) is 48.5 Å². The lowest BCUT2D eigenvalue weighted by Gasteiger charge is -2.25. The van der Waals surface area contributed by atoms with Gasteiger partial charge < -0.3 is 10.1 Å². The van der Waals surface area contributed by atoms with E-state index in [-0.39, 0.29) is 5.56 Å². The predicted octanol–water partition coefficient (Wildman–Crippen LogP) is 5.74. The third-order valence-corrected chi connectivity index (χ3v) is 6.38. The molecule has 1 N–H and O–H groups in total. The Kier molecular flexibility index (Phi) is 10.6. The zero-order chi connectivity index (χ0) is 30.4. The third kappa shape index (κ3) is 8.15. The van der Waals surface area contributed by atoms with E-state index < -0.39 is 83.4 Å². The summed E-state index contributed by atoms with van der Waals surface area (Å²) in [6.45, 7) is 3.83. The van der Waals surface area contributed by atoms with E-state index >= 15 is 0 Å². The molecule has 2 rings (SSSR count). The summed E-state index contributed by atoms with van der Waals surface area (Å²) < 4.78 is 87.1. The van der Waals surface area contributed by atoms with E-state index in [1.807, 2.05) is 0 Å². The first-order valence-corrected chi connectivity index (χ1v) is 12.2. The Labute approximate surface area is 227 Å². The van der Waals surface area contributed by atoms with Crippen LogP contribution < -0.4 is 10.1 Å². The van der Waals surface area contributed by atoms with Crippen molar-refractivity contribution in [3.8, 4) is 5.75 Å². The first kappa shape index (κ1) is 32.5. The number of rotatable bonds is 13. The van der Waals surface area contributed by atoms with E-state index in [1.165, 1.54) is 45.2 Å². The molecule has 12 heteroatoms. The van der Waals surface area contributed by atoms with Gasteiger partial charge in [0.05, 0.1) is 7.11 Å².